The summed E-state index contributed by atoms with van der Waals surface area (Å²) >= 11 is 5.59. The topological polar surface area (TPSA) is 74.1 Å². The van der Waals surface area contributed by atoms with Crippen molar-refractivity contribution in [3.8, 4) is 11.8 Å². The molecule has 1 aliphatic rings. The van der Waals surface area contributed by atoms with Crippen molar-refractivity contribution in [2.45, 2.75) is 44.0 Å². The molecule has 0 radical (unpaired) electrons. The van der Waals surface area contributed by atoms with Gasteiger partial charge in [-0.2, -0.15) is 18.4 Å². The number of ether oxygens (including phenoxy) is 1. The van der Waals surface area contributed by atoms with Crippen molar-refractivity contribution in [2.75, 3.05) is 5.32 Å². The summed E-state index contributed by atoms with van der Waals surface area (Å²) in [6, 6.07) is 11.5. The summed E-state index contributed by atoms with van der Waals surface area (Å²) in [6.07, 6.45) is -1.78. The Hall–Kier alpha value is -2.92. The third-order valence-corrected chi connectivity index (χ3v) is 5.15. The molecule has 30 heavy (non-hydrogen) atoms. The van der Waals surface area contributed by atoms with Gasteiger partial charge in [-0.3, -0.25) is 0 Å². The average Bonchev–Trinajstić information content (AvgIpc) is 2.70. The van der Waals surface area contributed by atoms with E-state index in [-0.39, 0.29) is 17.8 Å². The van der Waals surface area contributed by atoms with E-state index in [2.05, 4.69) is 10.6 Å². The van der Waals surface area contributed by atoms with Gasteiger partial charge in [0, 0.05) is 11.7 Å². The van der Waals surface area contributed by atoms with Gasteiger partial charge in [0.1, 0.15) is 5.75 Å². The number of nitriles is 1. The minimum absolute atomic E-state index is 0.00431. The van der Waals surface area contributed by atoms with Crippen LogP contribution in [0, 0.1) is 11.3 Å². The lowest BCUT2D eigenvalue weighted by Gasteiger charge is -2.29. The summed E-state index contributed by atoms with van der Waals surface area (Å²) in [4.78, 5) is 12.2. The molecule has 2 aromatic rings. The molecule has 0 spiro atoms. The fraction of sp³-hybridized carbons (Fsp3) is 0.333. The van der Waals surface area contributed by atoms with Gasteiger partial charge in [0.05, 0.1) is 28.3 Å². The number of amides is 2. The maximum Gasteiger partial charge on any atom is 0.417 e. The van der Waals surface area contributed by atoms with Gasteiger partial charge < -0.3 is 15.4 Å². The second-order valence-corrected chi connectivity index (χ2v) is 7.43. The van der Waals surface area contributed by atoms with Gasteiger partial charge in [0.25, 0.3) is 0 Å². The van der Waals surface area contributed by atoms with E-state index < -0.39 is 22.8 Å². The summed E-state index contributed by atoms with van der Waals surface area (Å²) < 4.78 is 44.7. The number of carbonyl (C=O) groups excluding carboxylic acids is 1. The van der Waals surface area contributed by atoms with E-state index >= 15 is 0 Å². The van der Waals surface area contributed by atoms with Crippen molar-refractivity contribution in [3.63, 3.8) is 0 Å². The van der Waals surface area contributed by atoms with Crippen LogP contribution in [0.4, 0.5) is 23.7 Å². The van der Waals surface area contributed by atoms with E-state index in [4.69, 9.17) is 21.6 Å². The number of alkyl halides is 3. The van der Waals surface area contributed by atoms with Gasteiger partial charge in [0.2, 0.25) is 0 Å². The van der Waals surface area contributed by atoms with E-state index in [0.717, 1.165) is 25.0 Å². The summed E-state index contributed by atoms with van der Waals surface area (Å²) in [7, 11) is 0. The van der Waals surface area contributed by atoms with Gasteiger partial charge in [-0.15, -0.1) is 0 Å². The molecule has 0 bridgehead atoms. The Labute approximate surface area is 176 Å². The number of benzene rings is 2. The number of rotatable bonds is 4. The quantitative estimate of drug-likeness (QED) is 0.640. The van der Waals surface area contributed by atoms with Crippen molar-refractivity contribution in [1.82, 2.24) is 5.32 Å². The molecular weight excluding hydrogens is 419 g/mol. The summed E-state index contributed by atoms with van der Waals surface area (Å²) in [5.74, 6) is 0.686. The summed E-state index contributed by atoms with van der Waals surface area (Å²) in [6.45, 7) is 0. The van der Waals surface area contributed by atoms with Crippen molar-refractivity contribution in [3.05, 3.63) is 58.6 Å². The van der Waals surface area contributed by atoms with Crippen LogP contribution in [0.3, 0.4) is 0 Å². The molecule has 3 rings (SSSR count). The molecule has 9 heteroatoms. The number of nitrogens with zero attached hydrogens (tertiary/aromatic N) is 1. The molecule has 1 saturated carbocycles. The Bertz CT molecular complexity index is 934. The largest absolute Gasteiger partial charge is 0.490 e. The molecule has 2 amide bonds. The molecule has 0 heterocycles. The second kappa shape index (κ2) is 9.26. The molecular formula is C21H19ClF3N3O2. The minimum Gasteiger partial charge on any atom is -0.490 e. The Morgan fingerprint density at radius 2 is 1.77 bits per heavy atom. The lowest BCUT2D eigenvalue weighted by molar-refractivity contribution is -0.137. The first-order valence-corrected chi connectivity index (χ1v) is 9.73. The van der Waals surface area contributed by atoms with Crippen LogP contribution in [0.1, 0.15) is 36.8 Å². The maximum absolute atomic E-state index is 12.9. The first kappa shape index (κ1) is 21.8. The van der Waals surface area contributed by atoms with Crippen LogP contribution in [0.15, 0.2) is 42.5 Å². The predicted molar refractivity (Wildman–Crippen MR) is 106 cm³/mol. The van der Waals surface area contributed by atoms with Crippen LogP contribution >= 0.6 is 11.6 Å². The molecule has 158 valence electrons. The fourth-order valence-corrected chi connectivity index (χ4v) is 3.52. The lowest BCUT2D eigenvalue weighted by Crippen LogP contribution is -2.41. The molecule has 0 aliphatic heterocycles. The Morgan fingerprint density at radius 3 is 2.37 bits per heavy atom. The highest BCUT2D eigenvalue weighted by atomic mass is 35.5. The first-order valence-electron chi connectivity index (χ1n) is 9.35. The van der Waals surface area contributed by atoms with Crippen LogP contribution < -0.4 is 15.4 Å². The minimum atomic E-state index is -4.60. The third-order valence-electron chi connectivity index (χ3n) is 4.83. The van der Waals surface area contributed by atoms with Crippen LogP contribution in [0.5, 0.6) is 5.75 Å². The highest BCUT2D eigenvalue weighted by Crippen LogP contribution is 2.36. The van der Waals surface area contributed by atoms with E-state index in [9.17, 15) is 18.0 Å². The zero-order valence-corrected chi connectivity index (χ0v) is 16.6. The van der Waals surface area contributed by atoms with Crippen molar-refractivity contribution >= 4 is 23.3 Å². The smallest absolute Gasteiger partial charge is 0.417 e. The molecule has 2 aromatic carbocycles. The number of halogens is 4. The monoisotopic (exact) mass is 437 g/mol. The van der Waals surface area contributed by atoms with Crippen LogP contribution in [0.25, 0.3) is 0 Å². The van der Waals surface area contributed by atoms with Gasteiger partial charge >= 0.3 is 12.2 Å². The normalized spacial score (nSPS) is 18.9. The number of urea groups is 1. The van der Waals surface area contributed by atoms with Crippen molar-refractivity contribution in [2.24, 2.45) is 0 Å². The van der Waals surface area contributed by atoms with Gasteiger partial charge in [-0.1, -0.05) is 11.6 Å². The molecule has 5 nitrogen and oxygen atoms in total. The molecule has 0 unspecified atom stereocenters. The number of carbonyl (C=O) groups is 1. The van der Waals surface area contributed by atoms with E-state index in [1.807, 2.05) is 6.07 Å². The average molecular weight is 438 g/mol. The SMILES string of the molecule is N#Cc1ccc(O[C@H]2CC[C@H](NC(=O)Nc3ccc(Cl)c(C(F)(F)F)c3)CC2)cc1. The predicted octanol–water partition coefficient (Wildman–Crippen LogP) is 5.74. The Balaban J connectivity index is 1.48. The van der Waals surface area contributed by atoms with E-state index in [0.29, 0.717) is 24.2 Å². The molecule has 0 atom stereocenters. The molecule has 0 aromatic heterocycles. The molecule has 2 N–H and O–H groups in total. The fourth-order valence-electron chi connectivity index (χ4n) is 3.30. The molecule has 1 aliphatic carbocycles. The highest BCUT2D eigenvalue weighted by Gasteiger charge is 2.33. The van der Waals surface area contributed by atoms with Crippen LogP contribution in [-0.2, 0) is 6.18 Å². The number of anilines is 1. The summed E-state index contributed by atoms with van der Waals surface area (Å²) in [5.41, 5.74) is -0.422. The zero-order chi connectivity index (χ0) is 21.7. The first-order chi connectivity index (χ1) is 14.2. The van der Waals surface area contributed by atoms with Gasteiger partial charge in [-0.05, 0) is 68.1 Å². The van der Waals surface area contributed by atoms with Crippen LogP contribution in [0.2, 0.25) is 5.02 Å². The number of nitrogens with one attached hydrogen (secondary N) is 2. The highest BCUT2D eigenvalue weighted by molar-refractivity contribution is 6.31. The summed E-state index contributed by atoms with van der Waals surface area (Å²) in [5, 5.41) is 13.6. The Kier molecular flexibility index (Phi) is 6.73. The molecule has 0 saturated heterocycles. The van der Waals surface area contributed by atoms with E-state index in [1.165, 1.54) is 6.07 Å². The van der Waals surface area contributed by atoms with Crippen molar-refractivity contribution < 1.29 is 22.7 Å². The van der Waals surface area contributed by atoms with Gasteiger partial charge in [0.15, 0.2) is 0 Å². The number of hydrogen-bond acceptors (Lipinski definition) is 3. The van der Waals surface area contributed by atoms with E-state index in [1.54, 1.807) is 24.3 Å². The van der Waals surface area contributed by atoms with Crippen LogP contribution in [-0.4, -0.2) is 18.2 Å². The maximum atomic E-state index is 12.9. The Morgan fingerprint density at radius 1 is 1.10 bits per heavy atom. The standard InChI is InChI=1S/C21H19ClF3N3O2/c22-19-10-5-15(11-18(19)21(23,24)25)28-20(29)27-14-3-8-17(9-4-14)30-16-6-1-13(12-26)2-7-16/h1-2,5-7,10-11,14,17H,3-4,8-9H2,(H2,27,28,29)/t14-,17-. The van der Waals surface area contributed by atoms with Gasteiger partial charge in [-0.25, -0.2) is 4.79 Å². The molecule has 1 fully saturated rings. The van der Waals surface area contributed by atoms with Crippen molar-refractivity contribution in [1.29, 1.82) is 5.26 Å². The zero-order valence-electron chi connectivity index (χ0n) is 15.8. The lowest BCUT2D eigenvalue weighted by atomic mass is 9.93. The third kappa shape index (κ3) is 5.80. The number of hydrogen-bond donors (Lipinski definition) is 2. The second-order valence-electron chi connectivity index (χ2n) is 7.02.